The molecule has 0 saturated carbocycles. The molecule has 1 N–H and O–H groups in total. The van der Waals surface area contributed by atoms with Crippen molar-refractivity contribution >= 4 is 0 Å². The van der Waals surface area contributed by atoms with Crippen molar-refractivity contribution in [3.63, 3.8) is 0 Å². The van der Waals surface area contributed by atoms with E-state index >= 15 is 0 Å². The average Bonchev–Trinajstić information content (AvgIpc) is 2.97. The largest absolute Gasteiger partial charge is 0.313 e. The van der Waals surface area contributed by atoms with Crippen LogP contribution in [0.15, 0.2) is 30.3 Å². The first-order valence-electron chi connectivity index (χ1n) is 7.62. The number of rotatable bonds is 6. The predicted molar refractivity (Wildman–Crippen MR) is 82.5 cm³/mol. The van der Waals surface area contributed by atoms with Crippen LogP contribution in [-0.4, -0.2) is 36.6 Å². The third-order valence-electron chi connectivity index (χ3n) is 4.12. The molecule has 1 fully saturated rings. The van der Waals surface area contributed by atoms with Gasteiger partial charge in [-0.05, 0) is 38.8 Å². The molecule has 2 atom stereocenters. The van der Waals surface area contributed by atoms with Crippen molar-refractivity contribution in [2.24, 2.45) is 0 Å². The number of benzene rings is 1. The molecule has 1 aromatic rings. The monoisotopic (exact) mass is 271 g/mol. The molecule has 1 heterocycles. The fraction of sp³-hybridized carbons (Fsp3) is 0.588. The molecule has 1 aliphatic rings. The number of nitrogens with zero attached hydrogens (tertiary/aromatic N) is 2. The summed E-state index contributed by atoms with van der Waals surface area (Å²) in [6.07, 6.45) is 2.53. The number of nitriles is 1. The Morgan fingerprint density at radius 3 is 2.65 bits per heavy atom. The van der Waals surface area contributed by atoms with Gasteiger partial charge in [-0.1, -0.05) is 30.3 Å². The van der Waals surface area contributed by atoms with E-state index in [1.54, 1.807) is 0 Å². The Bertz CT molecular complexity index is 429. The molecule has 2 rings (SSSR count). The van der Waals surface area contributed by atoms with Gasteiger partial charge < -0.3 is 5.32 Å². The summed E-state index contributed by atoms with van der Waals surface area (Å²) in [7, 11) is 0. The summed E-state index contributed by atoms with van der Waals surface area (Å²) in [6, 6.07) is 13.7. The summed E-state index contributed by atoms with van der Waals surface area (Å²) >= 11 is 0. The lowest BCUT2D eigenvalue weighted by Crippen LogP contribution is -2.43. The van der Waals surface area contributed by atoms with Crippen LogP contribution in [0, 0.1) is 11.3 Å². The summed E-state index contributed by atoms with van der Waals surface area (Å²) in [4.78, 5) is 2.43. The van der Waals surface area contributed by atoms with E-state index in [1.165, 1.54) is 12.8 Å². The molecule has 2 unspecified atom stereocenters. The molecule has 3 nitrogen and oxygen atoms in total. The highest BCUT2D eigenvalue weighted by molar-refractivity contribution is 5.25. The quantitative estimate of drug-likeness (QED) is 0.864. The highest BCUT2D eigenvalue weighted by atomic mass is 15.2. The lowest BCUT2D eigenvalue weighted by atomic mass is 9.99. The Kier molecular flexibility index (Phi) is 5.58. The minimum atomic E-state index is -0.0417. The van der Waals surface area contributed by atoms with Gasteiger partial charge in [0, 0.05) is 25.2 Å². The molecule has 0 aliphatic carbocycles. The average molecular weight is 271 g/mol. The molecule has 3 heteroatoms. The van der Waals surface area contributed by atoms with Crippen molar-refractivity contribution < 1.29 is 0 Å². The first-order valence-corrected chi connectivity index (χ1v) is 7.62. The Balaban J connectivity index is 2.00. The van der Waals surface area contributed by atoms with Crippen molar-refractivity contribution in [3.05, 3.63) is 35.9 Å². The molecule has 0 aromatic heterocycles. The van der Waals surface area contributed by atoms with Crippen LogP contribution in [-0.2, 0) is 0 Å². The topological polar surface area (TPSA) is 39.1 Å². The molecule has 0 spiro atoms. The number of hydrogen-bond acceptors (Lipinski definition) is 3. The molecule has 1 saturated heterocycles. The van der Waals surface area contributed by atoms with E-state index in [0.717, 1.165) is 25.2 Å². The van der Waals surface area contributed by atoms with Crippen LogP contribution in [0.3, 0.4) is 0 Å². The maximum atomic E-state index is 9.48. The summed E-state index contributed by atoms with van der Waals surface area (Å²) < 4.78 is 0. The Morgan fingerprint density at radius 1 is 1.35 bits per heavy atom. The molecule has 0 radical (unpaired) electrons. The lowest BCUT2D eigenvalue weighted by Gasteiger charge is -2.31. The minimum absolute atomic E-state index is 0.0417. The van der Waals surface area contributed by atoms with Crippen molar-refractivity contribution in [2.45, 2.75) is 44.7 Å². The summed E-state index contributed by atoms with van der Waals surface area (Å²) in [6.45, 7) is 7.43. The van der Waals surface area contributed by atoms with Crippen LogP contribution in [0.25, 0.3) is 0 Å². The van der Waals surface area contributed by atoms with Gasteiger partial charge in [0.05, 0.1) is 12.0 Å². The van der Waals surface area contributed by atoms with Crippen molar-refractivity contribution in [2.75, 3.05) is 19.6 Å². The van der Waals surface area contributed by atoms with Gasteiger partial charge in [0.15, 0.2) is 0 Å². The highest BCUT2D eigenvalue weighted by Crippen LogP contribution is 2.18. The standard InChI is InChI=1S/C17H25N3/c1-14(2)20(13-17-9-6-10-19-17)12-16(11-18)15-7-4-3-5-8-15/h3-5,7-8,14,16-17,19H,6,9-10,12-13H2,1-2H3. The van der Waals surface area contributed by atoms with Crippen molar-refractivity contribution in [1.29, 1.82) is 5.26 Å². The zero-order valence-corrected chi connectivity index (χ0v) is 12.5. The first-order chi connectivity index (χ1) is 9.70. The van der Waals surface area contributed by atoms with Gasteiger partial charge in [-0.15, -0.1) is 0 Å². The van der Waals surface area contributed by atoms with Gasteiger partial charge in [0.2, 0.25) is 0 Å². The molecule has 20 heavy (non-hydrogen) atoms. The first kappa shape index (κ1) is 15.0. The smallest absolute Gasteiger partial charge is 0.0839 e. The van der Waals surface area contributed by atoms with Crippen molar-refractivity contribution in [3.8, 4) is 6.07 Å². The molecule has 108 valence electrons. The summed E-state index contributed by atoms with van der Waals surface area (Å²) in [5, 5.41) is 13.0. The Labute approximate surface area is 122 Å². The van der Waals surface area contributed by atoms with Crippen LogP contribution >= 0.6 is 0 Å². The summed E-state index contributed by atoms with van der Waals surface area (Å²) in [5.41, 5.74) is 1.13. The van der Waals surface area contributed by atoms with Gasteiger partial charge >= 0.3 is 0 Å². The van der Waals surface area contributed by atoms with Crippen LogP contribution < -0.4 is 5.32 Å². The van der Waals surface area contributed by atoms with E-state index in [1.807, 2.05) is 18.2 Å². The highest BCUT2D eigenvalue weighted by Gasteiger charge is 2.22. The second kappa shape index (κ2) is 7.42. The molecule has 0 bridgehead atoms. The molecular formula is C17H25N3. The van der Waals surface area contributed by atoms with E-state index in [2.05, 4.69) is 42.3 Å². The normalized spacial score (nSPS) is 20.2. The van der Waals surface area contributed by atoms with E-state index < -0.39 is 0 Å². The number of nitrogens with one attached hydrogen (secondary N) is 1. The van der Waals surface area contributed by atoms with Gasteiger partial charge in [-0.3, -0.25) is 4.90 Å². The van der Waals surface area contributed by atoms with Gasteiger partial charge in [-0.2, -0.15) is 5.26 Å². The Hall–Kier alpha value is -1.37. The fourth-order valence-corrected chi connectivity index (χ4v) is 2.83. The molecule has 0 amide bonds. The van der Waals surface area contributed by atoms with Crippen molar-refractivity contribution in [1.82, 2.24) is 10.2 Å². The fourth-order valence-electron chi connectivity index (χ4n) is 2.83. The van der Waals surface area contributed by atoms with E-state index in [4.69, 9.17) is 0 Å². The second-order valence-corrected chi connectivity index (χ2v) is 5.93. The zero-order valence-electron chi connectivity index (χ0n) is 12.5. The molecular weight excluding hydrogens is 246 g/mol. The van der Waals surface area contributed by atoms with Gasteiger partial charge in [0.1, 0.15) is 0 Å². The second-order valence-electron chi connectivity index (χ2n) is 5.93. The zero-order chi connectivity index (χ0) is 14.4. The lowest BCUT2D eigenvalue weighted by molar-refractivity contribution is 0.199. The minimum Gasteiger partial charge on any atom is -0.313 e. The van der Waals surface area contributed by atoms with Crippen LogP contribution in [0.5, 0.6) is 0 Å². The van der Waals surface area contributed by atoms with Crippen LogP contribution in [0.1, 0.15) is 38.2 Å². The van der Waals surface area contributed by atoms with E-state index in [9.17, 15) is 5.26 Å². The maximum Gasteiger partial charge on any atom is 0.0839 e. The maximum absolute atomic E-state index is 9.48. The SMILES string of the molecule is CC(C)N(CC1CCCN1)CC(C#N)c1ccccc1. The number of hydrogen-bond donors (Lipinski definition) is 1. The molecule has 1 aromatic carbocycles. The van der Waals surface area contributed by atoms with Crippen LogP contribution in [0.4, 0.5) is 0 Å². The van der Waals surface area contributed by atoms with Crippen LogP contribution in [0.2, 0.25) is 0 Å². The molecule has 1 aliphatic heterocycles. The third kappa shape index (κ3) is 4.06. The van der Waals surface area contributed by atoms with Gasteiger partial charge in [-0.25, -0.2) is 0 Å². The van der Waals surface area contributed by atoms with Gasteiger partial charge in [0.25, 0.3) is 0 Å². The summed E-state index contributed by atoms with van der Waals surface area (Å²) in [5.74, 6) is -0.0417. The van der Waals surface area contributed by atoms with E-state index in [0.29, 0.717) is 12.1 Å². The Morgan fingerprint density at radius 2 is 2.10 bits per heavy atom. The van der Waals surface area contributed by atoms with E-state index in [-0.39, 0.29) is 5.92 Å². The third-order valence-corrected chi connectivity index (χ3v) is 4.12. The predicted octanol–water partition coefficient (Wildman–Crippen LogP) is 2.76.